The molecule has 0 N–H and O–H groups in total. The van der Waals surface area contributed by atoms with Crippen molar-refractivity contribution in [3.63, 3.8) is 0 Å². The maximum atomic E-state index is 12.6. The number of carbonyl (C=O) groups is 1. The van der Waals surface area contributed by atoms with Crippen molar-refractivity contribution in [3.05, 3.63) is 59.1 Å². The highest BCUT2D eigenvalue weighted by Crippen LogP contribution is 2.35. The normalized spacial score (nSPS) is 17.6. The lowest BCUT2D eigenvalue weighted by atomic mass is 9.79. The monoisotopic (exact) mass is 621 g/mol. The molecular weight excluding hydrogens is 558 g/mol. The largest absolute Gasteiger partial charge is 0.444 e. The number of nitriles is 1. The van der Waals surface area contributed by atoms with Crippen LogP contribution < -0.4 is 0 Å². The zero-order valence-corrected chi connectivity index (χ0v) is 30.9. The molecule has 45 heavy (non-hydrogen) atoms. The molecule has 7 nitrogen and oxygen atoms in total. The summed E-state index contributed by atoms with van der Waals surface area (Å²) >= 11 is 0. The Morgan fingerprint density at radius 1 is 1.09 bits per heavy atom. The van der Waals surface area contributed by atoms with Gasteiger partial charge in [-0.1, -0.05) is 78.7 Å². The Morgan fingerprint density at radius 3 is 2.20 bits per heavy atom. The smallest absolute Gasteiger partial charge is 0.410 e. The van der Waals surface area contributed by atoms with Crippen molar-refractivity contribution in [2.24, 2.45) is 15.4 Å². The molecule has 1 rings (SSSR count). The summed E-state index contributed by atoms with van der Waals surface area (Å²) in [5, 5.41) is 8.77. The Balaban J connectivity index is 0.00000116. The average molecular weight is 622 g/mol. The van der Waals surface area contributed by atoms with E-state index in [0.717, 1.165) is 56.5 Å². The van der Waals surface area contributed by atoms with Crippen LogP contribution in [0, 0.1) is 16.7 Å². The summed E-state index contributed by atoms with van der Waals surface area (Å²) in [7, 11) is 0. The molecule has 0 spiro atoms. The molecule has 252 valence electrons. The van der Waals surface area contributed by atoms with Crippen molar-refractivity contribution in [1.29, 1.82) is 5.26 Å². The number of hydrogen-bond acceptors (Lipinski definition) is 6. The molecule has 1 amide bonds. The summed E-state index contributed by atoms with van der Waals surface area (Å²) in [4.78, 5) is 25.7. The lowest BCUT2D eigenvalue weighted by Gasteiger charge is -2.42. The minimum atomic E-state index is -0.482. The van der Waals surface area contributed by atoms with E-state index in [1.165, 1.54) is 16.8 Å². The van der Waals surface area contributed by atoms with Gasteiger partial charge in [0.15, 0.2) is 0 Å². The van der Waals surface area contributed by atoms with Crippen molar-refractivity contribution >= 4 is 18.0 Å². The summed E-state index contributed by atoms with van der Waals surface area (Å²) in [6, 6.07) is 2.12. The summed E-state index contributed by atoms with van der Waals surface area (Å²) < 4.78 is 5.60. The van der Waals surface area contributed by atoms with Gasteiger partial charge < -0.3 is 14.5 Å². The second-order valence-electron chi connectivity index (χ2n) is 13.5. The SMILES string of the molecule is C=C(/C=C(/C#N)N=CCCC)CCC.C\C=C(C(/C(C)=N/C=C/CC)=C(/C)N1CCN(C(=O)OC(C)(C)C)C(C)C1)\C(C)(C)C. The van der Waals surface area contributed by atoms with E-state index in [9.17, 15) is 4.79 Å². The van der Waals surface area contributed by atoms with Crippen molar-refractivity contribution in [1.82, 2.24) is 9.80 Å². The lowest BCUT2D eigenvalue weighted by Crippen LogP contribution is -2.54. The van der Waals surface area contributed by atoms with E-state index in [-0.39, 0.29) is 17.6 Å². The molecule has 1 atom stereocenters. The Morgan fingerprint density at radius 2 is 1.73 bits per heavy atom. The van der Waals surface area contributed by atoms with Gasteiger partial charge in [-0.15, -0.1) is 0 Å². The number of unbranched alkanes of at least 4 members (excludes halogenated alkanes) is 1. The predicted octanol–water partition coefficient (Wildman–Crippen LogP) is 10.2. The lowest BCUT2D eigenvalue weighted by molar-refractivity contribution is 0.00493. The number of nitrogens with zero attached hydrogens (tertiary/aromatic N) is 5. The van der Waals surface area contributed by atoms with Gasteiger partial charge in [-0.2, -0.15) is 5.26 Å². The van der Waals surface area contributed by atoms with Gasteiger partial charge in [0.1, 0.15) is 17.4 Å². The Hall–Kier alpha value is -3.40. The summed E-state index contributed by atoms with van der Waals surface area (Å²) in [5.41, 5.74) is 5.67. The first-order chi connectivity index (χ1) is 21.0. The first-order valence-electron chi connectivity index (χ1n) is 16.6. The van der Waals surface area contributed by atoms with Crippen LogP contribution in [0.25, 0.3) is 0 Å². The van der Waals surface area contributed by atoms with Gasteiger partial charge in [-0.25, -0.2) is 9.79 Å². The average Bonchev–Trinajstić information content (AvgIpc) is 2.93. The van der Waals surface area contributed by atoms with Gasteiger partial charge in [-0.3, -0.25) is 4.99 Å². The number of carbonyl (C=O) groups excluding carboxylic acids is 1. The molecule has 1 aliphatic rings. The number of hydrogen-bond donors (Lipinski definition) is 0. The highest BCUT2D eigenvalue weighted by Gasteiger charge is 2.32. The molecule has 7 heteroatoms. The summed E-state index contributed by atoms with van der Waals surface area (Å²) in [6.07, 6.45) is 14.4. The first kappa shape index (κ1) is 41.6. The number of allylic oxidation sites excluding steroid dienone is 8. The number of amides is 1. The van der Waals surface area contributed by atoms with Crippen molar-refractivity contribution in [2.75, 3.05) is 19.6 Å². The van der Waals surface area contributed by atoms with E-state index in [4.69, 9.17) is 15.0 Å². The second kappa shape index (κ2) is 20.6. The minimum Gasteiger partial charge on any atom is -0.444 e. The molecule has 0 aromatic rings. The molecule has 0 bridgehead atoms. The van der Waals surface area contributed by atoms with Gasteiger partial charge >= 0.3 is 6.09 Å². The van der Waals surface area contributed by atoms with Crippen molar-refractivity contribution in [2.45, 2.75) is 134 Å². The summed E-state index contributed by atoms with van der Waals surface area (Å²) in [6.45, 7) is 33.3. The Kier molecular flexibility index (Phi) is 19.0. The van der Waals surface area contributed by atoms with Crippen LogP contribution in [0.2, 0.25) is 0 Å². The fraction of sp³-hybridized carbons (Fsp3) is 0.632. The minimum absolute atomic E-state index is 0.000542. The van der Waals surface area contributed by atoms with Gasteiger partial charge in [0, 0.05) is 55.1 Å². The molecule has 0 aromatic carbocycles. The highest BCUT2D eigenvalue weighted by molar-refractivity contribution is 6.03. The molecule has 0 aliphatic carbocycles. The predicted molar refractivity (Wildman–Crippen MR) is 194 cm³/mol. The van der Waals surface area contributed by atoms with Crippen LogP contribution in [0.5, 0.6) is 0 Å². The number of rotatable bonds is 11. The van der Waals surface area contributed by atoms with Crippen LogP contribution in [0.15, 0.2) is 69.1 Å². The van der Waals surface area contributed by atoms with Gasteiger partial charge in [0.25, 0.3) is 0 Å². The van der Waals surface area contributed by atoms with E-state index >= 15 is 0 Å². The fourth-order valence-electron chi connectivity index (χ4n) is 4.93. The van der Waals surface area contributed by atoms with Gasteiger partial charge in [0.05, 0.1) is 0 Å². The van der Waals surface area contributed by atoms with Crippen LogP contribution in [0.4, 0.5) is 4.79 Å². The molecule has 1 fully saturated rings. The Bertz CT molecular complexity index is 1180. The maximum absolute atomic E-state index is 12.6. The fourth-order valence-corrected chi connectivity index (χ4v) is 4.93. The summed E-state index contributed by atoms with van der Waals surface area (Å²) in [5.74, 6) is 0. The third-order valence-corrected chi connectivity index (χ3v) is 7.10. The maximum Gasteiger partial charge on any atom is 0.410 e. The molecule has 1 unspecified atom stereocenters. The van der Waals surface area contributed by atoms with Crippen molar-refractivity contribution < 1.29 is 9.53 Å². The van der Waals surface area contributed by atoms with E-state index in [2.05, 4.69) is 104 Å². The van der Waals surface area contributed by atoms with E-state index in [1.807, 2.05) is 31.9 Å². The number of piperazine rings is 1. The quantitative estimate of drug-likeness (QED) is 0.131. The molecule has 1 aliphatic heterocycles. The zero-order chi connectivity index (χ0) is 34.8. The van der Waals surface area contributed by atoms with Gasteiger partial charge in [-0.05, 0) is 84.8 Å². The number of aliphatic imine (C=N–C) groups is 2. The third-order valence-electron chi connectivity index (χ3n) is 7.10. The molecule has 0 radical (unpaired) electrons. The van der Waals surface area contributed by atoms with E-state index in [1.54, 1.807) is 12.3 Å². The molecule has 0 aromatic heterocycles. The third kappa shape index (κ3) is 15.9. The standard InChI is InChI=1S/C26H45N3O2.C12H18N2/c1-12-14-15-27-20(4)23(22(13-2)25(6,7)8)21(5)28-16-17-29(19(3)18-28)24(30)31-26(9,10)11;1-4-6-8-14-12(10-13)9-11(3)7-5-2/h13-15,19H,12,16-18H2,1-11H3;8-9H,3-7H2,1-2H3/b15-14+,22-13+,23-21-,27-20+;12-9-,14-8?. The molecule has 1 saturated heterocycles. The molecular formula is C38H63N5O2. The zero-order valence-electron chi connectivity index (χ0n) is 30.9. The van der Waals surface area contributed by atoms with Crippen LogP contribution in [-0.4, -0.2) is 59.1 Å². The van der Waals surface area contributed by atoms with Crippen LogP contribution in [-0.2, 0) is 4.74 Å². The Labute approximate surface area is 276 Å². The molecule has 1 heterocycles. The second-order valence-corrected chi connectivity index (χ2v) is 13.5. The topological polar surface area (TPSA) is 81.3 Å². The van der Waals surface area contributed by atoms with Crippen LogP contribution >= 0.6 is 0 Å². The van der Waals surface area contributed by atoms with E-state index < -0.39 is 5.60 Å². The van der Waals surface area contributed by atoms with Gasteiger partial charge in [0.2, 0.25) is 0 Å². The van der Waals surface area contributed by atoms with Crippen LogP contribution in [0.1, 0.15) is 122 Å². The van der Waals surface area contributed by atoms with E-state index in [0.29, 0.717) is 12.2 Å². The van der Waals surface area contributed by atoms with Crippen molar-refractivity contribution in [3.8, 4) is 6.07 Å². The molecule has 0 saturated carbocycles. The van der Waals surface area contributed by atoms with Crippen LogP contribution in [0.3, 0.4) is 0 Å². The number of ether oxygens (including phenoxy) is 1. The first-order valence-corrected chi connectivity index (χ1v) is 16.6. The highest BCUT2D eigenvalue weighted by atomic mass is 16.6.